The standard InChI is InChI=1S/C18H14ClN3O2/c19-14-9-13(23)10-21-17(14)11-5-7-12(8-6-11)18(24)22-16-4-2-1-3-15(16)20/h1-10,23H,20H2,(H,22,24). The number of nitrogen functional groups attached to an aromatic ring is 1. The minimum atomic E-state index is -0.260. The van der Waals surface area contributed by atoms with Gasteiger partial charge in [0.2, 0.25) is 0 Å². The van der Waals surface area contributed by atoms with Crippen molar-refractivity contribution >= 4 is 28.9 Å². The quantitative estimate of drug-likeness (QED) is 0.630. The lowest BCUT2D eigenvalue weighted by molar-refractivity contribution is 0.102. The highest BCUT2D eigenvalue weighted by Gasteiger charge is 2.10. The summed E-state index contributed by atoms with van der Waals surface area (Å²) in [6, 6.07) is 15.3. The van der Waals surface area contributed by atoms with Crippen molar-refractivity contribution < 1.29 is 9.90 Å². The average Bonchev–Trinajstić information content (AvgIpc) is 2.57. The van der Waals surface area contributed by atoms with Gasteiger partial charge in [-0.05, 0) is 24.3 Å². The first-order valence-electron chi connectivity index (χ1n) is 7.15. The SMILES string of the molecule is Nc1ccccc1NC(=O)c1ccc(-c2ncc(O)cc2Cl)cc1. The Hall–Kier alpha value is -3.05. The summed E-state index contributed by atoms with van der Waals surface area (Å²) in [5.74, 6) is -0.260. The van der Waals surface area contributed by atoms with Crippen LogP contribution >= 0.6 is 11.6 Å². The number of anilines is 2. The molecule has 2 aromatic carbocycles. The lowest BCUT2D eigenvalue weighted by atomic mass is 10.1. The number of carbonyl (C=O) groups excluding carboxylic acids is 1. The molecule has 0 radical (unpaired) electrons. The van der Waals surface area contributed by atoms with Crippen molar-refractivity contribution in [3.05, 3.63) is 71.4 Å². The number of carbonyl (C=O) groups is 1. The molecule has 0 spiro atoms. The fourth-order valence-corrected chi connectivity index (χ4v) is 2.49. The van der Waals surface area contributed by atoms with Crippen molar-refractivity contribution in [3.63, 3.8) is 0 Å². The van der Waals surface area contributed by atoms with Gasteiger partial charge in [-0.1, -0.05) is 35.9 Å². The van der Waals surface area contributed by atoms with Crippen LogP contribution in [0.5, 0.6) is 5.75 Å². The number of benzene rings is 2. The lowest BCUT2D eigenvalue weighted by Gasteiger charge is -2.09. The van der Waals surface area contributed by atoms with E-state index in [4.69, 9.17) is 17.3 Å². The number of aromatic nitrogens is 1. The molecule has 3 aromatic rings. The highest BCUT2D eigenvalue weighted by Crippen LogP contribution is 2.28. The van der Waals surface area contributed by atoms with Gasteiger partial charge in [0, 0.05) is 17.2 Å². The van der Waals surface area contributed by atoms with E-state index >= 15 is 0 Å². The second kappa shape index (κ2) is 6.60. The monoisotopic (exact) mass is 339 g/mol. The smallest absolute Gasteiger partial charge is 0.255 e. The maximum atomic E-state index is 12.3. The van der Waals surface area contributed by atoms with Crippen molar-refractivity contribution in [2.75, 3.05) is 11.1 Å². The molecule has 0 unspecified atom stereocenters. The first-order chi connectivity index (χ1) is 11.5. The van der Waals surface area contributed by atoms with Crippen molar-refractivity contribution in [2.24, 2.45) is 0 Å². The normalized spacial score (nSPS) is 10.4. The zero-order chi connectivity index (χ0) is 17.1. The number of nitrogens with zero attached hydrogens (tertiary/aromatic N) is 1. The Balaban J connectivity index is 1.81. The average molecular weight is 340 g/mol. The van der Waals surface area contributed by atoms with Gasteiger partial charge in [0.05, 0.1) is 28.3 Å². The van der Waals surface area contributed by atoms with Crippen LogP contribution in [0.1, 0.15) is 10.4 Å². The molecule has 0 aliphatic heterocycles. The molecule has 0 aliphatic carbocycles. The van der Waals surface area contributed by atoms with E-state index in [-0.39, 0.29) is 11.7 Å². The summed E-state index contributed by atoms with van der Waals surface area (Å²) >= 11 is 6.08. The molecule has 120 valence electrons. The number of rotatable bonds is 3. The summed E-state index contributed by atoms with van der Waals surface area (Å²) in [6.07, 6.45) is 1.32. The highest BCUT2D eigenvalue weighted by molar-refractivity contribution is 6.33. The van der Waals surface area contributed by atoms with Crippen LogP contribution in [-0.2, 0) is 0 Å². The first-order valence-corrected chi connectivity index (χ1v) is 7.53. The fourth-order valence-electron chi connectivity index (χ4n) is 2.23. The van der Waals surface area contributed by atoms with E-state index < -0.39 is 0 Å². The van der Waals surface area contributed by atoms with E-state index in [0.717, 1.165) is 5.56 Å². The number of halogens is 1. The van der Waals surface area contributed by atoms with Gasteiger partial charge < -0.3 is 16.2 Å². The molecular formula is C18H14ClN3O2. The Morgan fingerprint density at radius 1 is 1.12 bits per heavy atom. The summed E-state index contributed by atoms with van der Waals surface area (Å²) < 4.78 is 0. The molecule has 0 atom stereocenters. The fraction of sp³-hybridized carbons (Fsp3) is 0. The van der Waals surface area contributed by atoms with Crippen molar-refractivity contribution in [1.29, 1.82) is 0 Å². The predicted molar refractivity (Wildman–Crippen MR) is 95.2 cm³/mol. The predicted octanol–water partition coefficient (Wildman–Crippen LogP) is 3.94. The maximum absolute atomic E-state index is 12.3. The van der Waals surface area contributed by atoms with Crippen LogP contribution in [-0.4, -0.2) is 16.0 Å². The van der Waals surface area contributed by atoms with Crippen LogP contribution in [0.4, 0.5) is 11.4 Å². The third-order valence-electron chi connectivity index (χ3n) is 3.46. The topological polar surface area (TPSA) is 88.2 Å². The number of hydrogen-bond donors (Lipinski definition) is 3. The van der Waals surface area contributed by atoms with Crippen LogP contribution in [0.15, 0.2) is 60.8 Å². The second-order valence-electron chi connectivity index (χ2n) is 5.14. The Kier molecular flexibility index (Phi) is 4.35. The Morgan fingerprint density at radius 2 is 1.83 bits per heavy atom. The number of amides is 1. The van der Waals surface area contributed by atoms with Gasteiger partial charge >= 0.3 is 0 Å². The van der Waals surface area contributed by atoms with Crippen LogP contribution in [0.3, 0.4) is 0 Å². The number of nitrogens with two attached hydrogens (primary N) is 1. The molecule has 6 heteroatoms. The Labute approximate surface area is 143 Å². The maximum Gasteiger partial charge on any atom is 0.255 e. The molecular weight excluding hydrogens is 326 g/mol. The van der Waals surface area contributed by atoms with Crippen molar-refractivity contribution in [1.82, 2.24) is 4.98 Å². The summed E-state index contributed by atoms with van der Waals surface area (Å²) in [4.78, 5) is 16.4. The molecule has 3 rings (SSSR count). The van der Waals surface area contributed by atoms with Crippen molar-refractivity contribution in [2.45, 2.75) is 0 Å². The van der Waals surface area contributed by atoms with Crippen LogP contribution in [0.2, 0.25) is 5.02 Å². The van der Waals surface area contributed by atoms with Crippen LogP contribution in [0.25, 0.3) is 11.3 Å². The summed E-state index contributed by atoms with van der Waals surface area (Å²) in [7, 11) is 0. The molecule has 0 bridgehead atoms. The van der Waals surface area contributed by atoms with Gasteiger partial charge in [-0.15, -0.1) is 0 Å². The van der Waals surface area contributed by atoms with E-state index in [1.54, 1.807) is 48.5 Å². The first kappa shape index (κ1) is 15.8. The molecule has 1 aromatic heterocycles. The van der Waals surface area contributed by atoms with Gasteiger partial charge in [-0.3, -0.25) is 9.78 Å². The van der Waals surface area contributed by atoms with Crippen LogP contribution < -0.4 is 11.1 Å². The number of nitrogens with one attached hydrogen (secondary N) is 1. The number of pyridine rings is 1. The third kappa shape index (κ3) is 3.31. The number of aromatic hydroxyl groups is 1. The Morgan fingerprint density at radius 3 is 2.50 bits per heavy atom. The van der Waals surface area contributed by atoms with E-state index in [9.17, 15) is 9.90 Å². The van der Waals surface area contributed by atoms with E-state index in [2.05, 4.69) is 10.3 Å². The lowest BCUT2D eigenvalue weighted by Crippen LogP contribution is -2.13. The highest BCUT2D eigenvalue weighted by atomic mass is 35.5. The third-order valence-corrected chi connectivity index (χ3v) is 3.74. The molecule has 1 amide bonds. The number of hydrogen-bond acceptors (Lipinski definition) is 4. The molecule has 0 saturated heterocycles. The molecule has 24 heavy (non-hydrogen) atoms. The molecule has 0 aliphatic rings. The molecule has 0 fully saturated rings. The summed E-state index contributed by atoms with van der Waals surface area (Å²) in [5, 5.41) is 12.5. The van der Waals surface area contributed by atoms with E-state index in [1.807, 2.05) is 0 Å². The van der Waals surface area contributed by atoms with E-state index in [1.165, 1.54) is 12.3 Å². The second-order valence-corrected chi connectivity index (χ2v) is 5.55. The summed E-state index contributed by atoms with van der Waals surface area (Å²) in [5.41, 5.74) is 8.65. The minimum Gasteiger partial charge on any atom is -0.506 e. The molecule has 4 N–H and O–H groups in total. The van der Waals surface area contributed by atoms with Crippen LogP contribution in [0, 0.1) is 0 Å². The summed E-state index contributed by atoms with van der Waals surface area (Å²) in [6.45, 7) is 0. The largest absolute Gasteiger partial charge is 0.506 e. The van der Waals surface area contributed by atoms with Gasteiger partial charge in [0.15, 0.2) is 0 Å². The number of para-hydroxylation sites is 2. The van der Waals surface area contributed by atoms with Gasteiger partial charge in [-0.2, -0.15) is 0 Å². The minimum absolute atomic E-state index is 0.000183. The van der Waals surface area contributed by atoms with Gasteiger partial charge in [0.1, 0.15) is 5.75 Å². The zero-order valence-corrected chi connectivity index (χ0v) is 13.3. The van der Waals surface area contributed by atoms with Gasteiger partial charge in [0.25, 0.3) is 5.91 Å². The Bertz CT molecular complexity index is 895. The van der Waals surface area contributed by atoms with Gasteiger partial charge in [-0.25, -0.2) is 0 Å². The zero-order valence-electron chi connectivity index (χ0n) is 12.5. The van der Waals surface area contributed by atoms with Crippen molar-refractivity contribution in [3.8, 4) is 17.0 Å². The molecule has 1 heterocycles. The molecule has 0 saturated carbocycles. The molecule has 5 nitrogen and oxygen atoms in total. The van der Waals surface area contributed by atoms with E-state index in [0.29, 0.717) is 27.7 Å².